The van der Waals surface area contributed by atoms with Gasteiger partial charge in [-0.25, -0.2) is 14.8 Å². The summed E-state index contributed by atoms with van der Waals surface area (Å²) in [5, 5.41) is 3.20. The number of hydrogen-bond donors (Lipinski definition) is 1. The average molecular weight is 660 g/mol. The number of hydrogen-bond acceptors (Lipinski definition) is 7. The molecule has 2 saturated heterocycles. The van der Waals surface area contributed by atoms with Crippen molar-refractivity contribution in [2.45, 2.75) is 129 Å². The molecule has 47 heavy (non-hydrogen) atoms. The van der Waals surface area contributed by atoms with Crippen molar-refractivity contribution in [1.29, 1.82) is 0 Å². The van der Waals surface area contributed by atoms with E-state index in [-0.39, 0.29) is 22.0 Å². The Kier molecular flexibility index (Phi) is 7.64. The summed E-state index contributed by atoms with van der Waals surface area (Å²) in [4.78, 5) is 27.8. The molecular formula is C38H57N5O3Si. The molecule has 4 fully saturated rings. The number of aryl methyl sites for hydroxylation is 2. The highest BCUT2D eigenvalue weighted by Crippen LogP contribution is 2.75. The Morgan fingerprint density at radius 2 is 1.79 bits per heavy atom. The normalized spacial score (nSPS) is 31.3. The smallest absolute Gasteiger partial charge is 0.407 e. The van der Waals surface area contributed by atoms with Gasteiger partial charge in [0.25, 0.3) is 0 Å². The van der Waals surface area contributed by atoms with Gasteiger partial charge in [0.2, 0.25) is 14.3 Å². The largest absolute Gasteiger partial charge is 0.543 e. The van der Waals surface area contributed by atoms with Gasteiger partial charge in [-0.15, -0.1) is 0 Å². The second-order valence-corrected chi connectivity index (χ2v) is 22.7. The van der Waals surface area contributed by atoms with E-state index in [4.69, 9.17) is 19.1 Å². The van der Waals surface area contributed by atoms with Gasteiger partial charge >= 0.3 is 6.09 Å². The third-order valence-electron chi connectivity index (χ3n) is 13.0. The molecule has 2 aromatic rings. The number of likely N-dealkylation sites (tertiary alicyclic amines) is 1. The lowest BCUT2D eigenvalue weighted by molar-refractivity contribution is -0.0902. The molecule has 6 atom stereocenters. The molecule has 1 amide bonds. The zero-order chi connectivity index (χ0) is 33.7. The van der Waals surface area contributed by atoms with E-state index < -0.39 is 13.9 Å². The molecule has 0 radical (unpaired) electrons. The third-order valence-corrected chi connectivity index (χ3v) is 17.4. The van der Waals surface area contributed by atoms with Crippen LogP contribution in [0.25, 0.3) is 0 Å². The van der Waals surface area contributed by atoms with Crippen molar-refractivity contribution in [3.63, 3.8) is 0 Å². The van der Waals surface area contributed by atoms with Crippen LogP contribution in [0.5, 0.6) is 5.75 Å². The zero-order valence-corrected chi connectivity index (χ0v) is 31.5. The first-order valence-electron chi connectivity index (χ1n) is 18.1. The topological polar surface area (TPSA) is 79.8 Å². The van der Waals surface area contributed by atoms with Crippen LogP contribution in [0.15, 0.2) is 24.3 Å². The standard InChI is InChI=1S/C38H57N5O3Si/c1-24-19-25(2)41-33(40-24)43-23-27-22-37-14-13-30(43)32(27)38(37)15-17-42(18-16-39-34(44)45-35(3,4)5)31(37)20-26-11-12-28(21-29(26)38)46-47(9,10)36(6,7)8/h11-12,19,21,27,30-32H,13-18,20,22-23H2,1-10H3,(H,39,44)/t27-,30?,31?,32?,37?,38?/m1/s1. The minimum Gasteiger partial charge on any atom is -0.543 e. The Bertz CT molecular complexity index is 1550. The van der Waals surface area contributed by atoms with Crippen LogP contribution in [0.1, 0.15) is 89.7 Å². The first-order valence-corrected chi connectivity index (χ1v) is 21.0. The molecule has 1 aromatic heterocycles. The van der Waals surface area contributed by atoms with Crippen molar-refractivity contribution in [3.8, 4) is 5.75 Å². The summed E-state index contributed by atoms with van der Waals surface area (Å²) in [6.07, 6.45) is 5.55. The summed E-state index contributed by atoms with van der Waals surface area (Å²) >= 11 is 0. The summed E-state index contributed by atoms with van der Waals surface area (Å²) in [6.45, 7) is 25.2. The monoisotopic (exact) mass is 659 g/mol. The molecule has 4 bridgehead atoms. The van der Waals surface area contributed by atoms with Crippen molar-refractivity contribution in [1.82, 2.24) is 20.2 Å². The Morgan fingerprint density at radius 3 is 2.47 bits per heavy atom. The van der Waals surface area contributed by atoms with Crippen LogP contribution in [0.4, 0.5) is 10.7 Å². The van der Waals surface area contributed by atoms with Crippen molar-refractivity contribution >= 4 is 20.4 Å². The minimum absolute atomic E-state index is 0.106. The van der Waals surface area contributed by atoms with Gasteiger partial charge in [0.1, 0.15) is 11.4 Å². The number of carbonyl (C=O) groups excluding carboxylic acids is 1. The van der Waals surface area contributed by atoms with E-state index in [0.29, 0.717) is 30.5 Å². The molecule has 0 spiro atoms. The molecule has 1 N–H and O–H groups in total. The van der Waals surface area contributed by atoms with Crippen molar-refractivity contribution in [2.24, 2.45) is 17.3 Å². The van der Waals surface area contributed by atoms with E-state index in [9.17, 15) is 4.79 Å². The van der Waals surface area contributed by atoms with Gasteiger partial charge in [-0.2, -0.15) is 0 Å². The number of alkyl carbamates (subject to hydrolysis) is 1. The number of nitrogens with one attached hydrogen (secondary N) is 1. The number of benzene rings is 1. The van der Waals surface area contributed by atoms with Crippen LogP contribution in [0, 0.1) is 31.1 Å². The van der Waals surface area contributed by atoms with Gasteiger partial charge in [-0.1, -0.05) is 26.8 Å². The van der Waals surface area contributed by atoms with E-state index in [1.165, 1.54) is 24.8 Å². The van der Waals surface area contributed by atoms with Crippen LogP contribution in [-0.2, 0) is 16.6 Å². The van der Waals surface area contributed by atoms with Crippen molar-refractivity contribution < 1.29 is 14.0 Å². The molecule has 3 heterocycles. The Morgan fingerprint density at radius 1 is 1.06 bits per heavy atom. The first kappa shape index (κ1) is 32.9. The molecule has 3 aliphatic carbocycles. The van der Waals surface area contributed by atoms with Crippen LogP contribution < -0.4 is 14.6 Å². The third kappa shape index (κ3) is 5.20. The van der Waals surface area contributed by atoms with Gasteiger partial charge in [0.15, 0.2) is 0 Å². The Balaban J connectivity index is 1.26. The predicted molar refractivity (Wildman–Crippen MR) is 190 cm³/mol. The Labute approximate surface area is 283 Å². The quantitative estimate of drug-likeness (QED) is 0.329. The van der Waals surface area contributed by atoms with Gasteiger partial charge in [0, 0.05) is 48.5 Å². The van der Waals surface area contributed by atoms with Gasteiger partial charge in [-0.3, -0.25) is 4.90 Å². The number of carbonyl (C=O) groups is 1. The Hall–Kier alpha value is -2.65. The molecule has 5 unspecified atom stereocenters. The van der Waals surface area contributed by atoms with Crippen molar-refractivity contribution in [3.05, 3.63) is 46.8 Å². The summed E-state index contributed by atoms with van der Waals surface area (Å²) in [6, 6.07) is 10.2. The maximum absolute atomic E-state index is 12.5. The average Bonchev–Trinajstić information content (AvgIpc) is 3.39. The number of piperidine rings is 1. The van der Waals surface area contributed by atoms with E-state index >= 15 is 0 Å². The van der Waals surface area contributed by atoms with Crippen LogP contribution in [0.3, 0.4) is 0 Å². The summed E-state index contributed by atoms with van der Waals surface area (Å²) in [5.41, 5.74) is 5.02. The molecule has 256 valence electrons. The van der Waals surface area contributed by atoms with Crippen LogP contribution in [0.2, 0.25) is 18.1 Å². The van der Waals surface area contributed by atoms with E-state index in [2.05, 4.69) is 87.1 Å². The molecule has 7 rings (SSSR count). The highest BCUT2D eigenvalue weighted by molar-refractivity contribution is 6.74. The van der Waals surface area contributed by atoms with Gasteiger partial charge in [0.05, 0.1) is 0 Å². The maximum Gasteiger partial charge on any atom is 0.407 e. The fraction of sp³-hybridized carbons (Fsp3) is 0.711. The lowest BCUT2D eigenvalue weighted by Crippen LogP contribution is -2.70. The lowest BCUT2D eigenvalue weighted by atomic mass is 9.43. The summed E-state index contributed by atoms with van der Waals surface area (Å²) in [7, 11) is -2.00. The highest BCUT2D eigenvalue weighted by atomic mass is 28.4. The number of aromatic nitrogens is 2. The van der Waals surface area contributed by atoms with Gasteiger partial charge in [-0.05, 0) is 138 Å². The molecular weight excluding hydrogens is 603 g/mol. The molecule has 9 heteroatoms. The highest BCUT2D eigenvalue weighted by Gasteiger charge is 2.76. The number of amides is 1. The molecule has 5 aliphatic rings. The van der Waals surface area contributed by atoms with E-state index in [0.717, 1.165) is 55.6 Å². The van der Waals surface area contributed by atoms with Crippen LogP contribution in [-0.4, -0.2) is 73.1 Å². The number of fused-ring (bicyclic) bond motifs is 1. The van der Waals surface area contributed by atoms with Crippen LogP contribution >= 0.6 is 0 Å². The zero-order valence-electron chi connectivity index (χ0n) is 30.5. The summed E-state index contributed by atoms with van der Waals surface area (Å²) in [5.74, 6) is 3.19. The van der Waals surface area contributed by atoms with E-state index in [1.807, 2.05) is 20.8 Å². The fourth-order valence-electron chi connectivity index (χ4n) is 10.5. The first-order chi connectivity index (χ1) is 21.9. The number of ether oxygens (including phenoxy) is 1. The maximum atomic E-state index is 12.5. The molecule has 1 aromatic carbocycles. The van der Waals surface area contributed by atoms with Crippen molar-refractivity contribution in [2.75, 3.05) is 31.1 Å². The van der Waals surface area contributed by atoms with E-state index in [1.54, 1.807) is 5.56 Å². The summed E-state index contributed by atoms with van der Waals surface area (Å²) < 4.78 is 12.6. The number of rotatable bonds is 6. The molecule has 2 saturated carbocycles. The number of anilines is 1. The second-order valence-electron chi connectivity index (χ2n) is 17.9. The molecule has 2 aliphatic heterocycles. The SMILES string of the molecule is Cc1cc(C)nc(N2C[C@H]3CC45CCC2C3C42CCN(CCNC(=O)OC(C)(C)C)C5Cc3ccc(O[Si](C)(C)C(C)(C)C)cc32)n1. The number of nitrogens with zero attached hydrogens (tertiary/aromatic N) is 4. The molecule has 8 nitrogen and oxygen atoms in total. The lowest BCUT2D eigenvalue weighted by Gasteiger charge is -2.66. The second kappa shape index (κ2) is 10.9. The predicted octanol–water partition coefficient (Wildman–Crippen LogP) is 7.18. The fourth-order valence-corrected chi connectivity index (χ4v) is 11.6. The van der Waals surface area contributed by atoms with Gasteiger partial charge < -0.3 is 19.4 Å². The minimum atomic E-state index is -2.00.